The summed E-state index contributed by atoms with van der Waals surface area (Å²) in [4.78, 5) is 129. The monoisotopic (exact) mass is 1260 g/mol. The van der Waals surface area contributed by atoms with Gasteiger partial charge in [-0.05, 0) is 76.1 Å². The minimum absolute atomic E-state index is 0.0500. The number of guanidine groups is 1. The Bertz CT molecular complexity index is 2760. The van der Waals surface area contributed by atoms with Gasteiger partial charge in [0.15, 0.2) is 5.96 Å². The quantitative estimate of drug-likeness (QED) is 0.0110. The van der Waals surface area contributed by atoms with Gasteiger partial charge in [-0.2, -0.15) is 51.6 Å². The van der Waals surface area contributed by atoms with E-state index < -0.39 is 145 Å². The highest BCUT2D eigenvalue weighted by atomic mass is 32.1. The van der Waals surface area contributed by atoms with Crippen LogP contribution in [0.3, 0.4) is 0 Å². The predicted octanol–water partition coefficient (Wildman–Crippen LogP) is -1.08. The number of nitrogens with zero attached hydrogens (tertiary/aromatic N) is 1. The number of nitrogens with two attached hydrogens (primary N) is 2. The van der Waals surface area contributed by atoms with E-state index >= 15 is 0 Å². The molecule has 1 aromatic heterocycles. The molecule has 478 valence electrons. The number of nitrogens with one attached hydrogen (secondary N) is 11. The number of primary amides is 1. The average Bonchev–Trinajstić information content (AvgIpc) is 2.62. The van der Waals surface area contributed by atoms with Gasteiger partial charge in [-0.3, -0.25) is 43.2 Å². The Hall–Kier alpha value is -7.36. The molecule has 0 aliphatic rings. The molecular weight excluding hydrogens is 1190 g/mol. The number of hydrogen-bond acceptors (Lipinski definition) is 15. The van der Waals surface area contributed by atoms with Gasteiger partial charge in [0.05, 0.1) is 12.2 Å². The summed E-state index contributed by atoms with van der Waals surface area (Å²) in [6, 6.07) is 3.25. The first-order chi connectivity index (χ1) is 40.5. The number of alkyl halides is 6. The molecule has 0 saturated carbocycles. The summed E-state index contributed by atoms with van der Waals surface area (Å²) in [5.41, 5.74) is 12.8. The number of aliphatic hydroxyl groups excluding tert-OH is 2. The fourth-order valence-electron chi connectivity index (χ4n) is 8.35. The molecule has 3 rings (SSSR count). The van der Waals surface area contributed by atoms with Crippen molar-refractivity contribution in [3.63, 3.8) is 0 Å². The van der Waals surface area contributed by atoms with E-state index in [1.165, 1.54) is 6.92 Å². The number of fused-ring (bicyclic) bond motifs is 1. The Morgan fingerprint density at radius 1 is 0.581 bits per heavy atom. The number of aromatic amines is 1. The molecule has 17 N–H and O–H groups in total. The minimum Gasteiger partial charge on any atom is -0.391 e. The van der Waals surface area contributed by atoms with Crippen LogP contribution in [0, 0.1) is 0 Å². The Labute approximate surface area is 502 Å². The van der Waals surface area contributed by atoms with Crippen molar-refractivity contribution >= 4 is 95.3 Å². The number of rotatable bonds is 35. The summed E-state index contributed by atoms with van der Waals surface area (Å²) in [7, 11) is 0. The third-order valence-electron chi connectivity index (χ3n) is 12.8. The third kappa shape index (κ3) is 26.1. The molecule has 0 radical (unpaired) electrons. The van der Waals surface area contributed by atoms with Gasteiger partial charge < -0.3 is 79.8 Å². The van der Waals surface area contributed by atoms with Crippen LogP contribution in [-0.4, -0.2) is 185 Å². The number of hydrogen-bond donors (Lipinski definition) is 17. The van der Waals surface area contributed by atoms with Crippen LogP contribution in [0.1, 0.15) is 70.4 Å². The minimum atomic E-state index is -4.81. The smallest absolute Gasteiger partial charge is 0.391 e. The van der Waals surface area contributed by atoms with Crippen LogP contribution < -0.4 is 64.6 Å². The van der Waals surface area contributed by atoms with Crippen molar-refractivity contribution in [1.29, 1.82) is 0 Å². The predicted molar refractivity (Wildman–Crippen MR) is 311 cm³/mol. The zero-order valence-electron chi connectivity index (χ0n) is 47.3. The maximum atomic E-state index is 14.7. The molecule has 25 nitrogen and oxygen atoms in total. The summed E-state index contributed by atoms with van der Waals surface area (Å²) in [5, 5.41) is 45.4. The number of para-hydroxylation sites is 1. The summed E-state index contributed by atoms with van der Waals surface area (Å²) in [6.07, 6.45) is -11.0. The summed E-state index contributed by atoms with van der Waals surface area (Å²) in [5.74, 6) is -10.0. The average molecular weight is 1260 g/mol. The lowest BCUT2D eigenvalue weighted by molar-refractivity contribution is -0.137. The number of carbonyl (C=O) groups is 9. The Balaban J connectivity index is 1.92. The number of halogens is 6. The molecule has 3 aromatic rings. The molecule has 0 bridgehead atoms. The molecule has 0 unspecified atom stereocenters. The van der Waals surface area contributed by atoms with Crippen molar-refractivity contribution < 1.29 is 79.7 Å². The molecule has 0 spiro atoms. The number of unbranched alkanes of at least 4 members (excludes halogenated alkanes) is 2. The molecule has 0 fully saturated rings. The third-order valence-corrected chi connectivity index (χ3v) is 13.5. The molecule has 33 heteroatoms. The molecule has 0 saturated heterocycles. The molecule has 9 amide bonds. The van der Waals surface area contributed by atoms with E-state index in [1.54, 1.807) is 66.1 Å². The number of aromatic nitrogens is 1. The van der Waals surface area contributed by atoms with Gasteiger partial charge >= 0.3 is 12.4 Å². The second-order valence-corrected chi connectivity index (χ2v) is 20.7. The SMILES string of the molecule is CC(=O)N[C@H](CCCCNC(=NCC(F)(F)F)NCC(F)(F)F)C(=O)N[C@@H](CS)C(=O)N[C@@H](Cc1ccccc1)C(=O)N[C@H](Cc1c[nH]c2ccccc12)C(=O)N[C@@H](CCCCN)C(=O)N[C@H](C(=O)N[C@@H](CS)C(=O)N[C@H](C(N)=O)[C@@H](C)O)[C@@H](C)O. The zero-order valence-corrected chi connectivity index (χ0v) is 49.1. The largest absolute Gasteiger partial charge is 0.408 e. The topological polar surface area (TPSA) is 395 Å². The highest BCUT2D eigenvalue weighted by molar-refractivity contribution is 7.80. The van der Waals surface area contributed by atoms with Crippen molar-refractivity contribution in [2.75, 3.05) is 37.7 Å². The fourth-order valence-corrected chi connectivity index (χ4v) is 8.87. The first-order valence-corrected chi connectivity index (χ1v) is 28.4. The molecule has 0 aliphatic carbocycles. The van der Waals surface area contributed by atoms with Crippen molar-refractivity contribution in [1.82, 2.24) is 58.2 Å². The van der Waals surface area contributed by atoms with E-state index in [0.29, 0.717) is 28.5 Å². The van der Waals surface area contributed by atoms with Gasteiger partial charge in [-0.1, -0.05) is 48.5 Å². The molecular formula is C53H76F6N14O11S2. The lowest BCUT2D eigenvalue weighted by Gasteiger charge is -2.28. The number of thiol groups is 2. The molecule has 0 aliphatic heterocycles. The lowest BCUT2D eigenvalue weighted by Crippen LogP contribution is -2.62. The molecule has 86 heavy (non-hydrogen) atoms. The maximum absolute atomic E-state index is 14.7. The maximum Gasteiger partial charge on any atom is 0.408 e. The van der Waals surface area contributed by atoms with E-state index in [9.17, 15) is 79.7 Å². The number of H-pyrrole nitrogens is 1. The van der Waals surface area contributed by atoms with Crippen molar-refractivity contribution in [2.24, 2.45) is 16.5 Å². The summed E-state index contributed by atoms with van der Waals surface area (Å²) in [6.45, 7) is -0.0234. The van der Waals surface area contributed by atoms with Gasteiger partial charge in [-0.15, -0.1) is 0 Å². The highest BCUT2D eigenvalue weighted by Crippen LogP contribution is 2.20. The van der Waals surface area contributed by atoms with E-state index in [1.807, 2.05) is 0 Å². The van der Waals surface area contributed by atoms with Gasteiger partial charge in [0.25, 0.3) is 0 Å². The molecule has 10 atom stereocenters. The van der Waals surface area contributed by atoms with E-state index in [4.69, 9.17) is 11.5 Å². The van der Waals surface area contributed by atoms with Gasteiger partial charge in [0.1, 0.15) is 61.4 Å². The van der Waals surface area contributed by atoms with E-state index in [2.05, 4.69) is 83.1 Å². The van der Waals surface area contributed by atoms with Crippen LogP contribution in [0.15, 0.2) is 65.8 Å². The van der Waals surface area contributed by atoms with Crippen molar-refractivity contribution in [3.8, 4) is 0 Å². The Morgan fingerprint density at radius 2 is 1.06 bits per heavy atom. The standard InChI is InChI=1S/C53H76F6N14O11S2/c1-28(74)41(43(61)77)72-49(83)40(25-86)71-50(84)42(29(2)75)73-45(79)36(17-9-11-19-60)67-47(81)38(22-32-23-63-34-16-8-7-15-33(32)34)69-46(80)37(21-31-13-5-4-6-14-31)68-48(82)39(24-85)70-44(78)35(66-30(3)76)18-10-12-20-62-51(64-26-52(54,55)56)65-27-53(57,58)59/h4-8,13-16,23,28-29,35-42,63,74-75,85-86H,9-12,17-22,24-27,60H2,1-3H3,(H2,61,77)(H,66,76)(H,67,81)(H,68,82)(H,69,80)(H,70,78)(H,71,84)(H,72,83)(H,73,79)(H2,62,64,65)/t28-,29-,35-,36+,37+,38-,39+,40+,41+,42+/m1/s1. The Morgan fingerprint density at radius 3 is 1.60 bits per heavy atom. The van der Waals surface area contributed by atoms with Crippen LogP contribution in [-0.2, 0) is 56.0 Å². The number of carbonyl (C=O) groups excluding carboxylic acids is 9. The fraction of sp³-hybridized carbons (Fsp3) is 0.547. The van der Waals surface area contributed by atoms with Gasteiger partial charge in [0.2, 0.25) is 53.2 Å². The van der Waals surface area contributed by atoms with Crippen LogP contribution in [0.4, 0.5) is 26.3 Å². The van der Waals surface area contributed by atoms with Gasteiger partial charge in [0, 0.05) is 54.9 Å². The Kier molecular flexibility index (Phi) is 30.5. The molecule has 1 heterocycles. The second kappa shape index (κ2) is 35.9. The van der Waals surface area contributed by atoms with Crippen LogP contribution in [0.5, 0.6) is 0 Å². The molecule has 2 aromatic carbocycles. The lowest BCUT2D eigenvalue weighted by atomic mass is 10.0. The first-order valence-electron chi connectivity index (χ1n) is 27.2. The number of aliphatic hydroxyl groups is 2. The van der Waals surface area contributed by atoms with Crippen LogP contribution in [0.25, 0.3) is 10.9 Å². The van der Waals surface area contributed by atoms with Crippen molar-refractivity contribution in [3.05, 3.63) is 71.9 Å². The number of benzene rings is 2. The van der Waals surface area contributed by atoms with Crippen LogP contribution in [0.2, 0.25) is 0 Å². The van der Waals surface area contributed by atoms with Gasteiger partial charge in [-0.25, -0.2) is 4.99 Å². The van der Waals surface area contributed by atoms with Crippen LogP contribution >= 0.6 is 25.3 Å². The number of aliphatic imine (C=N–C) groups is 1. The van der Waals surface area contributed by atoms with Crippen molar-refractivity contribution in [2.45, 2.75) is 145 Å². The summed E-state index contributed by atoms with van der Waals surface area (Å²) >= 11 is 8.36. The second-order valence-electron chi connectivity index (χ2n) is 20.0. The normalized spacial score (nSPS) is 15.3. The zero-order chi connectivity index (χ0) is 64.3. The highest BCUT2D eigenvalue weighted by Gasteiger charge is 2.37. The van der Waals surface area contributed by atoms with E-state index in [0.717, 1.165) is 13.8 Å². The number of amides is 9. The van der Waals surface area contributed by atoms with E-state index in [-0.39, 0.29) is 69.5 Å². The summed E-state index contributed by atoms with van der Waals surface area (Å²) < 4.78 is 76.8. The first kappa shape index (κ1) is 72.9.